The third-order valence-electron chi connectivity index (χ3n) is 6.93. The number of rotatable bonds is 15. The highest BCUT2D eigenvalue weighted by atomic mass is 16.6. The van der Waals surface area contributed by atoms with Crippen molar-refractivity contribution in [1.29, 1.82) is 0 Å². The highest BCUT2D eigenvalue weighted by Crippen LogP contribution is 2.32. The molecular formula is C34H51N3O5. The fourth-order valence-electron chi connectivity index (χ4n) is 4.86. The number of nitrogens with one attached hydrogen (secondary N) is 2. The molecule has 0 saturated carbocycles. The zero-order valence-corrected chi connectivity index (χ0v) is 26.5. The van der Waals surface area contributed by atoms with Crippen LogP contribution in [0, 0.1) is 12.8 Å². The van der Waals surface area contributed by atoms with E-state index in [1.54, 1.807) is 45.0 Å². The van der Waals surface area contributed by atoms with Crippen LogP contribution >= 0.6 is 0 Å². The molecule has 8 nitrogen and oxygen atoms in total. The maximum Gasteiger partial charge on any atom is 0.408 e. The van der Waals surface area contributed by atoms with Gasteiger partial charge in [-0.1, -0.05) is 89.3 Å². The zero-order chi connectivity index (χ0) is 31.3. The van der Waals surface area contributed by atoms with Gasteiger partial charge in [0.05, 0.1) is 0 Å². The minimum absolute atomic E-state index is 0.0779. The normalized spacial score (nSPS) is 12.9. The summed E-state index contributed by atoms with van der Waals surface area (Å²) in [6.07, 6.45) is 5.66. The topological polar surface area (TPSA) is 108 Å². The first kappa shape index (κ1) is 34.7. The van der Waals surface area contributed by atoms with Gasteiger partial charge in [0, 0.05) is 17.8 Å². The molecule has 0 aliphatic heterocycles. The first-order valence-electron chi connectivity index (χ1n) is 15.3. The molecule has 2 rings (SSSR count). The summed E-state index contributed by atoms with van der Waals surface area (Å²) in [5, 5.41) is 16.7. The summed E-state index contributed by atoms with van der Waals surface area (Å²) in [6, 6.07) is 12.0. The second kappa shape index (κ2) is 16.8. The third-order valence-corrected chi connectivity index (χ3v) is 6.93. The molecule has 2 aromatic carbocycles. The number of amides is 3. The van der Waals surface area contributed by atoms with Crippen molar-refractivity contribution in [2.75, 3.05) is 11.9 Å². The number of unbranched alkanes of at least 4 members (excludes halogenated alkanes) is 5. The molecule has 0 saturated heterocycles. The molecular weight excluding hydrogens is 530 g/mol. The lowest BCUT2D eigenvalue weighted by atomic mass is 9.98. The van der Waals surface area contributed by atoms with Crippen LogP contribution in [0.2, 0.25) is 0 Å². The summed E-state index contributed by atoms with van der Waals surface area (Å²) in [5.41, 5.74) is 1.09. The molecule has 0 aliphatic rings. The number of phenols is 1. The van der Waals surface area contributed by atoms with Crippen LogP contribution in [0.5, 0.6) is 5.75 Å². The molecule has 8 heteroatoms. The molecule has 2 unspecified atom stereocenters. The van der Waals surface area contributed by atoms with Gasteiger partial charge in [0.25, 0.3) is 5.91 Å². The van der Waals surface area contributed by atoms with Crippen LogP contribution in [0.3, 0.4) is 0 Å². The molecule has 2 atom stereocenters. The van der Waals surface area contributed by atoms with Gasteiger partial charge in [0.2, 0.25) is 5.91 Å². The van der Waals surface area contributed by atoms with E-state index in [9.17, 15) is 19.5 Å². The predicted octanol–water partition coefficient (Wildman–Crippen LogP) is 7.51. The average Bonchev–Trinajstić information content (AvgIpc) is 2.90. The Balaban J connectivity index is 2.53. The Bertz CT molecular complexity index is 1160. The Morgan fingerprint density at radius 1 is 0.929 bits per heavy atom. The fourth-order valence-corrected chi connectivity index (χ4v) is 4.86. The van der Waals surface area contributed by atoms with Gasteiger partial charge in [-0.05, 0) is 64.2 Å². The molecule has 0 radical (unpaired) electrons. The van der Waals surface area contributed by atoms with E-state index >= 15 is 0 Å². The number of aryl methyl sites for hydroxylation is 1. The van der Waals surface area contributed by atoms with Crippen LogP contribution in [0.1, 0.15) is 104 Å². The molecule has 0 aromatic heterocycles. The maximum atomic E-state index is 14.4. The van der Waals surface area contributed by atoms with E-state index in [4.69, 9.17) is 4.74 Å². The van der Waals surface area contributed by atoms with E-state index in [0.29, 0.717) is 24.1 Å². The minimum atomic E-state index is -1.12. The molecule has 0 bridgehead atoms. The molecule has 2 aromatic rings. The van der Waals surface area contributed by atoms with Gasteiger partial charge in [-0.3, -0.25) is 9.59 Å². The van der Waals surface area contributed by atoms with Crippen LogP contribution in [-0.4, -0.2) is 46.1 Å². The number of hydrogen-bond acceptors (Lipinski definition) is 5. The Kier molecular flexibility index (Phi) is 13.8. The standard InChI is InChI=1S/C34H51N3O5/c1-8-9-10-11-12-17-22-37(32(40)28(23-24(2)3)36-33(41)42-34(5,6)7)30(26-19-14-16-21-29(26)38)31(39)35-27-20-15-13-18-25(27)4/h13-16,18-21,24,28,30,38H,8-12,17,22-23H2,1-7H3,(H,35,39)(H,36,41). The Morgan fingerprint density at radius 3 is 2.17 bits per heavy atom. The monoisotopic (exact) mass is 581 g/mol. The number of ether oxygens (including phenoxy) is 1. The molecule has 0 spiro atoms. The second-order valence-electron chi connectivity index (χ2n) is 12.4. The molecule has 42 heavy (non-hydrogen) atoms. The van der Waals surface area contributed by atoms with Crippen LogP contribution in [0.4, 0.5) is 10.5 Å². The van der Waals surface area contributed by atoms with E-state index < -0.39 is 35.6 Å². The van der Waals surface area contributed by atoms with Gasteiger partial charge in [-0.2, -0.15) is 0 Å². The number of aromatic hydroxyl groups is 1. The lowest BCUT2D eigenvalue weighted by molar-refractivity contribution is -0.141. The highest BCUT2D eigenvalue weighted by Gasteiger charge is 2.37. The minimum Gasteiger partial charge on any atom is -0.508 e. The summed E-state index contributed by atoms with van der Waals surface area (Å²) in [7, 11) is 0. The summed E-state index contributed by atoms with van der Waals surface area (Å²) in [4.78, 5) is 42.8. The first-order chi connectivity index (χ1) is 19.8. The predicted molar refractivity (Wildman–Crippen MR) is 168 cm³/mol. The lowest BCUT2D eigenvalue weighted by Crippen LogP contribution is -2.53. The zero-order valence-electron chi connectivity index (χ0n) is 26.5. The van der Waals surface area contributed by atoms with Crippen LogP contribution in [-0.2, 0) is 14.3 Å². The average molecular weight is 582 g/mol. The largest absolute Gasteiger partial charge is 0.508 e. The van der Waals surface area contributed by atoms with E-state index in [-0.39, 0.29) is 18.2 Å². The Morgan fingerprint density at radius 2 is 1.55 bits per heavy atom. The molecule has 0 heterocycles. The molecule has 3 amide bonds. The van der Waals surface area contributed by atoms with Crippen molar-refractivity contribution in [2.24, 2.45) is 5.92 Å². The van der Waals surface area contributed by atoms with E-state index in [1.165, 1.54) is 11.0 Å². The summed E-state index contributed by atoms with van der Waals surface area (Å²) in [5.74, 6) is -0.833. The van der Waals surface area contributed by atoms with Gasteiger partial charge < -0.3 is 25.4 Å². The number of para-hydroxylation sites is 2. The molecule has 0 fully saturated rings. The summed E-state index contributed by atoms with van der Waals surface area (Å²) < 4.78 is 5.48. The lowest BCUT2D eigenvalue weighted by Gasteiger charge is -2.35. The first-order valence-corrected chi connectivity index (χ1v) is 15.3. The maximum absolute atomic E-state index is 14.4. The van der Waals surface area contributed by atoms with Gasteiger partial charge >= 0.3 is 6.09 Å². The number of benzene rings is 2. The quantitative estimate of drug-likeness (QED) is 0.189. The fraction of sp³-hybridized carbons (Fsp3) is 0.559. The van der Waals surface area contributed by atoms with Crippen molar-refractivity contribution >= 4 is 23.6 Å². The number of carbonyl (C=O) groups is 3. The third kappa shape index (κ3) is 11.4. The number of nitrogens with zero attached hydrogens (tertiary/aromatic N) is 1. The van der Waals surface area contributed by atoms with Crippen molar-refractivity contribution in [2.45, 2.75) is 111 Å². The van der Waals surface area contributed by atoms with Gasteiger partial charge in [0.1, 0.15) is 23.4 Å². The van der Waals surface area contributed by atoms with Crippen molar-refractivity contribution in [3.63, 3.8) is 0 Å². The summed E-state index contributed by atoms with van der Waals surface area (Å²) >= 11 is 0. The van der Waals surface area contributed by atoms with E-state index in [2.05, 4.69) is 17.6 Å². The second-order valence-corrected chi connectivity index (χ2v) is 12.4. The van der Waals surface area contributed by atoms with Gasteiger partial charge in [-0.25, -0.2) is 4.79 Å². The smallest absolute Gasteiger partial charge is 0.408 e. The van der Waals surface area contributed by atoms with Crippen molar-refractivity contribution in [3.05, 3.63) is 59.7 Å². The van der Waals surface area contributed by atoms with Crippen LogP contribution in [0.15, 0.2) is 48.5 Å². The Labute approximate surface area is 252 Å². The number of hydrogen-bond donors (Lipinski definition) is 3. The van der Waals surface area contributed by atoms with Crippen molar-refractivity contribution in [3.8, 4) is 5.75 Å². The summed E-state index contributed by atoms with van der Waals surface area (Å²) in [6.45, 7) is 13.6. The van der Waals surface area contributed by atoms with Gasteiger partial charge in [0.15, 0.2) is 0 Å². The highest BCUT2D eigenvalue weighted by molar-refractivity contribution is 5.99. The molecule has 232 valence electrons. The number of anilines is 1. The van der Waals surface area contributed by atoms with Crippen molar-refractivity contribution in [1.82, 2.24) is 10.2 Å². The van der Waals surface area contributed by atoms with E-state index in [0.717, 1.165) is 37.7 Å². The molecule has 3 N–H and O–H groups in total. The Hall–Kier alpha value is -3.55. The van der Waals surface area contributed by atoms with Gasteiger partial charge in [-0.15, -0.1) is 0 Å². The molecule has 0 aliphatic carbocycles. The number of carbonyl (C=O) groups excluding carboxylic acids is 3. The SMILES string of the molecule is CCCCCCCCN(C(=O)C(CC(C)C)NC(=O)OC(C)(C)C)C(C(=O)Nc1ccccc1C)c1ccccc1O. The number of alkyl carbamates (subject to hydrolysis) is 1. The van der Waals surface area contributed by atoms with Crippen molar-refractivity contribution < 1.29 is 24.2 Å². The van der Waals surface area contributed by atoms with Crippen LogP contribution in [0.25, 0.3) is 0 Å². The van der Waals surface area contributed by atoms with E-state index in [1.807, 2.05) is 39.0 Å². The number of phenolic OH excluding ortho intramolecular Hbond substituents is 1. The van der Waals surface area contributed by atoms with Crippen LogP contribution < -0.4 is 10.6 Å².